The Morgan fingerprint density at radius 3 is 2.50 bits per heavy atom. The summed E-state index contributed by atoms with van der Waals surface area (Å²) in [5.74, 6) is 0.0550. The minimum Gasteiger partial charge on any atom is -0.451 e. The maximum absolute atomic E-state index is 13.2. The van der Waals surface area contributed by atoms with Gasteiger partial charge in [0.1, 0.15) is 5.58 Å². The zero-order valence-corrected chi connectivity index (χ0v) is 17.8. The largest absolute Gasteiger partial charge is 0.451 e. The molecule has 0 aliphatic rings. The third-order valence-corrected chi connectivity index (χ3v) is 5.86. The lowest BCUT2D eigenvalue weighted by Gasteiger charge is -2.18. The van der Waals surface area contributed by atoms with Crippen LogP contribution in [0.3, 0.4) is 0 Å². The van der Waals surface area contributed by atoms with Gasteiger partial charge in [-0.25, -0.2) is 0 Å². The third-order valence-electron chi connectivity index (χ3n) is 5.86. The molecule has 0 aliphatic heterocycles. The smallest absolute Gasteiger partial charge is 0.287 e. The Labute approximate surface area is 186 Å². The molecule has 5 aromatic rings. The Bertz CT molecular complexity index is 1370. The van der Waals surface area contributed by atoms with Gasteiger partial charge in [-0.15, -0.1) is 0 Å². The first-order valence-corrected chi connectivity index (χ1v) is 10.6. The van der Waals surface area contributed by atoms with Crippen LogP contribution in [0.5, 0.6) is 0 Å². The number of benzene rings is 3. The van der Waals surface area contributed by atoms with Gasteiger partial charge in [-0.3, -0.25) is 4.79 Å². The Kier molecular flexibility index (Phi) is 5.48. The molecule has 0 radical (unpaired) electrons. The molecule has 5 heteroatoms. The van der Waals surface area contributed by atoms with Crippen molar-refractivity contribution in [3.63, 3.8) is 0 Å². The predicted molar refractivity (Wildman–Crippen MR) is 126 cm³/mol. The number of carbonyl (C=O) groups is 1. The van der Waals surface area contributed by atoms with Crippen molar-refractivity contribution >= 4 is 27.8 Å². The first-order valence-electron chi connectivity index (χ1n) is 10.6. The summed E-state index contributed by atoms with van der Waals surface area (Å²) in [7, 11) is 1.62. The van der Waals surface area contributed by atoms with Crippen LogP contribution in [-0.2, 0) is 11.3 Å². The number of amides is 1. The highest BCUT2D eigenvalue weighted by Crippen LogP contribution is 2.31. The Morgan fingerprint density at radius 2 is 1.69 bits per heavy atom. The molecular formula is C27H24N2O3. The number of fused-ring (bicyclic) bond motifs is 2. The molecule has 3 aromatic carbocycles. The summed E-state index contributed by atoms with van der Waals surface area (Å²) in [5.41, 5.74) is 4.81. The van der Waals surface area contributed by atoms with Crippen molar-refractivity contribution in [1.29, 1.82) is 0 Å². The molecule has 5 rings (SSSR count). The lowest BCUT2D eigenvalue weighted by atomic mass is 9.91. The zero-order valence-electron chi connectivity index (χ0n) is 17.8. The second-order valence-corrected chi connectivity index (χ2v) is 7.80. The average molecular weight is 425 g/mol. The number of ether oxygens (including phenoxy) is 1. The van der Waals surface area contributed by atoms with Crippen LogP contribution in [-0.4, -0.2) is 24.5 Å². The second-order valence-electron chi connectivity index (χ2n) is 7.80. The van der Waals surface area contributed by atoms with Crippen LogP contribution in [0.4, 0.5) is 0 Å². The molecule has 1 atom stereocenters. The van der Waals surface area contributed by atoms with Gasteiger partial charge in [0.25, 0.3) is 5.91 Å². The number of methoxy groups -OCH3 is 1. The van der Waals surface area contributed by atoms with Gasteiger partial charge < -0.3 is 19.5 Å². The normalized spacial score (nSPS) is 12.3. The number of para-hydroxylation sites is 2. The van der Waals surface area contributed by atoms with E-state index in [2.05, 4.69) is 34.6 Å². The molecule has 2 N–H and O–H groups in total. The van der Waals surface area contributed by atoms with Gasteiger partial charge >= 0.3 is 0 Å². The van der Waals surface area contributed by atoms with Crippen LogP contribution in [0.1, 0.15) is 33.2 Å². The van der Waals surface area contributed by atoms with Crippen molar-refractivity contribution < 1.29 is 13.9 Å². The monoisotopic (exact) mass is 424 g/mol. The lowest BCUT2D eigenvalue weighted by molar-refractivity contribution is 0.0920. The van der Waals surface area contributed by atoms with E-state index in [1.54, 1.807) is 7.11 Å². The number of hydrogen-bond donors (Lipinski definition) is 2. The number of hydrogen-bond acceptors (Lipinski definition) is 3. The van der Waals surface area contributed by atoms with E-state index in [0.29, 0.717) is 24.5 Å². The van der Waals surface area contributed by atoms with Crippen LogP contribution >= 0.6 is 0 Å². The summed E-state index contributed by atoms with van der Waals surface area (Å²) in [4.78, 5) is 16.6. The fourth-order valence-corrected chi connectivity index (χ4v) is 4.32. The molecule has 2 aromatic heterocycles. The molecule has 160 valence electrons. The van der Waals surface area contributed by atoms with Gasteiger partial charge in [0.05, 0.1) is 6.61 Å². The topological polar surface area (TPSA) is 67.3 Å². The van der Waals surface area contributed by atoms with E-state index >= 15 is 0 Å². The molecule has 0 fully saturated rings. The fraction of sp³-hybridized carbons (Fsp3) is 0.148. The number of carbonyl (C=O) groups excluding carboxylic acids is 1. The van der Waals surface area contributed by atoms with Crippen molar-refractivity contribution in [2.75, 3.05) is 13.7 Å². The second kappa shape index (κ2) is 8.73. The maximum atomic E-state index is 13.2. The molecular weight excluding hydrogens is 400 g/mol. The van der Waals surface area contributed by atoms with E-state index in [4.69, 9.17) is 9.15 Å². The first-order chi connectivity index (χ1) is 15.8. The molecule has 0 aliphatic carbocycles. The summed E-state index contributed by atoms with van der Waals surface area (Å²) < 4.78 is 11.3. The minimum atomic E-state index is -0.242. The minimum absolute atomic E-state index is 0.00782. The van der Waals surface area contributed by atoms with Gasteiger partial charge in [-0.05, 0) is 23.3 Å². The average Bonchev–Trinajstić information content (AvgIpc) is 3.42. The van der Waals surface area contributed by atoms with Crippen molar-refractivity contribution in [2.24, 2.45) is 0 Å². The molecule has 1 amide bonds. The first kappa shape index (κ1) is 20.1. The van der Waals surface area contributed by atoms with Crippen molar-refractivity contribution in [3.8, 4) is 0 Å². The Balaban J connectivity index is 1.47. The van der Waals surface area contributed by atoms with Crippen LogP contribution in [0.2, 0.25) is 0 Å². The standard InChI is InChI=1S/C27H24N2O3/c1-31-17-23-20-12-6-8-14-25(20)32-26(23)27(30)29-15-21(18-9-3-2-4-10-18)22-16-28-24-13-7-5-11-19(22)24/h2-14,16,21,28H,15,17H2,1H3,(H,29,30). The van der Waals surface area contributed by atoms with Crippen molar-refractivity contribution in [1.82, 2.24) is 10.3 Å². The highest BCUT2D eigenvalue weighted by molar-refractivity contribution is 5.99. The van der Waals surface area contributed by atoms with Crippen LogP contribution in [0.25, 0.3) is 21.9 Å². The molecule has 5 nitrogen and oxygen atoms in total. The molecule has 32 heavy (non-hydrogen) atoms. The SMILES string of the molecule is COCc1c(C(=O)NCC(c2ccccc2)c2c[nH]c3ccccc23)oc2ccccc12. The number of nitrogens with one attached hydrogen (secondary N) is 2. The quantitative estimate of drug-likeness (QED) is 0.356. The summed E-state index contributed by atoms with van der Waals surface area (Å²) in [5, 5.41) is 5.16. The van der Waals surface area contributed by atoms with Gasteiger partial charge in [0.15, 0.2) is 5.76 Å². The molecule has 0 saturated carbocycles. The van der Waals surface area contributed by atoms with Gasteiger partial charge in [-0.1, -0.05) is 66.7 Å². The van der Waals surface area contributed by atoms with E-state index in [0.717, 1.165) is 33.0 Å². The van der Waals surface area contributed by atoms with Gasteiger partial charge in [-0.2, -0.15) is 0 Å². The Morgan fingerprint density at radius 1 is 0.969 bits per heavy atom. The molecule has 0 spiro atoms. The van der Waals surface area contributed by atoms with E-state index in [1.807, 2.05) is 60.8 Å². The van der Waals surface area contributed by atoms with Crippen LogP contribution in [0.15, 0.2) is 89.5 Å². The highest BCUT2D eigenvalue weighted by Gasteiger charge is 2.23. The maximum Gasteiger partial charge on any atom is 0.287 e. The fourth-order valence-electron chi connectivity index (χ4n) is 4.32. The highest BCUT2D eigenvalue weighted by atomic mass is 16.5. The zero-order chi connectivity index (χ0) is 21.9. The summed E-state index contributed by atoms with van der Waals surface area (Å²) in [6.45, 7) is 0.749. The molecule has 0 bridgehead atoms. The van der Waals surface area contributed by atoms with E-state index < -0.39 is 0 Å². The summed E-state index contributed by atoms with van der Waals surface area (Å²) >= 11 is 0. The summed E-state index contributed by atoms with van der Waals surface area (Å²) in [6.07, 6.45) is 2.03. The van der Waals surface area contributed by atoms with Crippen molar-refractivity contribution in [3.05, 3.63) is 108 Å². The van der Waals surface area contributed by atoms with Crippen molar-refractivity contribution in [2.45, 2.75) is 12.5 Å². The third kappa shape index (κ3) is 3.67. The van der Waals surface area contributed by atoms with E-state index in [1.165, 1.54) is 0 Å². The van der Waals surface area contributed by atoms with Gasteiger partial charge in [0, 0.05) is 47.6 Å². The van der Waals surface area contributed by atoms with Crippen LogP contribution < -0.4 is 5.32 Å². The van der Waals surface area contributed by atoms with Crippen LogP contribution in [0, 0.1) is 0 Å². The number of rotatable bonds is 7. The number of furan rings is 1. The number of H-pyrrole nitrogens is 1. The Hall–Kier alpha value is -3.83. The van der Waals surface area contributed by atoms with E-state index in [-0.39, 0.29) is 11.8 Å². The molecule has 0 saturated heterocycles. The lowest BCUT2D eigenvalue weighted by Crippen LogP contribution is -2.29. The number of aromatic amines is 1. The molecule has 2 heterocycles. The van der Waals surface area contributed by atoms with Gasteiger partial charge in [0.2, 0.25) is 0 Å². The van der Waals surface area contributed by atoms with E-state index in [9.17, 15) is 4.79 Å². The predicted octanol–water partition coefficient (Wildman–Crippen LogP) is 5.62. The summed E-state index contributed by atoms with van der Waals surface area (Å²) in [6, 6.07) is 26.1. The number of aromatic nitrogens is 1. The molecule has 1 unspecified atom stereocenters.